The molecule has 3 atom stereocenters. The van der Waals surface area contributed by atoms with Crippen molar-refractivity contribution in [3.05, 3.63) is 69.4 Å². The number of aromatic carboxylic acids is 1. The molecule has 0 radical (unpaired) electrons. The highest BCUT2D eigenvalue weighted by molar-refractivity contribution is 6.39. The van der Waals surface area contributed by atoms with Gasteiger partial charge in [0, 0.05) is 42.1 Å². The molecule has 1 aliphatic carbocycles. The molecule has 3 fully saturated rings. The molecule has 2 aliphatic heterocycles. The molecule has 2 bridgehead atoms. The topological polar surface area (TPSA) is 130 Å². The summed E-state index contributed by atoms with van der Waals surface area (Å²) < 4.78 is 43.5. The van der Waals surface area contributed by atoms with E-state index >= 15 is 0 Å². The Morgan fingerprint density at radius 1 is 0.930 bits per heavy atom. The molecule has 9 nitrogen and oxygen atoms in total. The van der Waals surface area contributed by atoms with Crippen molar-refractivity contribution in [2.75, 3.05) is 4.90 Å². The fraction of sp³-hybridized carbons (Fsp3) is 0.379. The van der Waals surface area contributed by atoms with Crippen LogP contribution in [0.1, 0.15) is 70.9 Å². The fourth-order valence-corrected chi connectivity index (χ4v) is 6.23. The Labute approximate surface area is 253 Å². The Balaban J connectivity index is 0.000000472. The van der Waals surface area contributed by atoms with Crippen LogP contribution in [0, 0.1) is 0 Å². The number of hydrogen-bond donors (Lipinski definition) is 2. The Hall–Kier alpha value is -3.77. The average Bonchev–Trinajstić information content (AvgIpc) is 3.63. The minimum Gasteiger partial charge on any atom is -0.478 e. The van der Waals surface area contributed by atoms with Gasteiger partial charge in [0.1, 0.15) is 17.4 Å². The molecule has 1 saturated carbocycles. The molecule has 1 aromatic heterocycles. The molecule has 2 saturated heterocycles. The van der Waals surface area contributed by atoms with E-state index in [2.05, 4.69) is 10.1 Å². The number of rotatable bonds is 6. The third kappa shape index (κ3) is 6.59. The molecular weight excluding hydrogens is 616 g/mol. The van der Waals surface area contributed by atoms with Gasteiger partial charge in [-0.25, -0.2) is 14.4 Å². The summed E-state index contributed by atoms with van der Waals surface area (Å²) in [5, 5.41) is 21.3. The van der Waals surface area contributed by atoms with Gasteiger partial charge in [-0.2, -0.15) is 13.2 Å². The number of benzene rings is 2. The first-order valence-electron chi connectivity index (χ1n) is 13.4. The lowest BCUT2D eigenvalue weighted by atomic mass is 9.98. The first-order chi connectivity index (χ1) is 20.3. The van der Waals surface area contributed by atoms with Gasteiger partial charge in [0.05, 0.1) is 15.6 Å². The van der Waals surface area contributed by atoms with Crippen LogP contribution >= 0.6 is 23.2 Å². The predicted molar refractivity (Wildman–Crippen MR) is 149 cm³/mol. The highest BCUT2D eigenvalue weighted by Gasteiger charge is 2.44. The molecule has 6 rings (SSSR count). The molecular formula is C29H25Cl2F3N2O7. The van der Waals surface area contributed by atoms with Crippen LogP contribution in [0.15, 0.2) is 47.0 Å². The summed E-state index contributed by atoms with van der Waals surface area (Å²) in [5.74, 6) is -3.45. The normalized spacial score (nSPS) is 21.1. The Kier molecular flexibility index (Phi) is 8.62. The lowest BCUT2D eigenvalue weighted by molar-refractivity contribution is -0.192. The molecule has 2 aromatic carbocycles. The molecule has 1 unspecified atom stereocenters. The quantitative estimate of drug-likeness (QED) is 0.268. The van der Waals surface area contributed by atoms with Crippen LogP contribution < -0.4 is 4.90 Å². The van der Waals surface area contributed by atoms with E-state index in [0.29, 0.717) is 45.5 Å². The number of esters is 1. The number of nitrogens with zero attached hydrogens (tertiary/aromatic N) is 2. The van der Waals surface area contributed by atoms with Gasteiger partial charge in [-0.1, -0.05) is 34.4 Å². The lowest BCUT2D eigenvalue weighted by Crippen LogP contribution is -2.46. The first-order valence-corrected chi connectivity index (χ1v) is 14.2. The van der Waals surface area contributed by atoms with Gasteiger partial charge in [-0.3, -0.25) is 0 Å². The Morgan fingerprint density at radius 3 is 1.98 bits per heavy atom. The zero-order valence-electron chi connectivity index (χ0n) is 22.3. The summed E-state index contributed by atoms with van der Waals surface area (Å²) in [7, 11) is 0. The van der Waals surface area contributed by atoms with Crippen LogP contribution in [0.25, 0.3) is 11.3 Å². The summed E-state index contributed by atoms with van der Waals surface area (Å²) >= 11 is 12.9. The number of carboxylic acid groups (broad SMARTS) is 2. The van der Waals surface area contributed by atoms with Gasteiger partial charge in [0.15, 0.2) is 5.76 Å². The van der Waals surface area contributed by atoms with E-state index in [1.807, 2.05) is 12.1 Å². The van der Waals surface area contributed by atoms with Crippen LogP contribution in [0.3, 0.4) is 0 Å². The average molecular weight is 641 g/mol. The highest BCUT2D eigenvalue weighted by Crippen LogP contribution is 2.47. The van der Waals surface area contributed by atoms with Crippen molar-refractivity contribution in [3.63, 3.8) is 0 Å². The SMILES string of the molecule is O=C(O)C(F)(F)F.O=C(O)c1ccc(N2[C@@H]3CC[C@H]2CC(OC(=O)c2c(-c4c(Cl)cccc4Cl)noc2C2CC2)C3)cc1. The zero-order chi connectivity index (χ0) is 31.1. The van der Waals surface area contributed by atoms with Crippen molar-refractivity contribution in [2.45, 2.75) is 68.8 Å². The molecule has 0 spiro atoms. The molecule has 2 N–H and O–H groups in total. The van der Waals surface area contributed by atoms with Gasteiger partial charge >= 0.3 is 24.1 Å². The van der Waals surface area contributed by atoms with Crippen molar-refractivity contribution in [1.29, 1.82) is 0 Å². The standard InChI is InChI=1S/C27H24Cl2N2O5.C2HF3O2/c28-20-2-1-3-21(29)22(20)24-23(25(36-30-24)14-4-5-14)27(34)35-19-12-17-10-11-18(13-19)31(17)16-8-6-15(7-9-16)26(32)33;3-2(4,5)1(6)7/h1-3,6-9,14,17-19H,4-5,10-13H2,(H,32,33);(H,6,7)/t17-,18+,19?;. The Morgan fingerprint density at radius 2 is 1.49 bits per heavy atom. The van der Waals surface area contributed by atoms with Crippen LogP contribution in [0.2, 0.25) is 10.0 Å². The van der Waals surface area contributed by atoms with E-state index in [1.54, 1.807) is 30.3 Å². The number of aromatic nitrogens is 1. The molecule has 14 heteroatoms. The highest BCUT2D eigenvalue weighted by atomic mass is 35.5. The summed E-state index contributed by atoms with van der Waals surface area (Å²) in [6.07, 6.45) is -0.0328. The molecule has 0 amide bonds. The van der Waals surface area contributed by atoms with Crippen molar-refractivity contribution in [2.24, 2.45) is 0 Å². The van der Waals surface area contributed by atoms with Gasteiger partial charge in [0.25, 0.3) is 0 Å². The third-order valence-corrected chi connectivity index (χ3v) is 8.32. The maximum atomic E-state index is 13.6. The van der Waals surface area contributed by atoms with E-state index in [0.717, 1.165) is 31.4 Å². The lowest BCUT2D eigenvalue weighted by Gasteiger charge is -2.40. The number of fused-ring (bicyclic) bond motifs is 2. The number of hydrogen-bond acceptors (Lipinski definition) is 7. The maximum Gasteiger partial charge on any atom is 0.490 e. The third-order valence-electron chi connectivity index (χ3n) is 7.69. The van der Waals surface area contributed by atoms with Gasteiger partial charge in [-0.05, 0) is 62.1 Å². The van der Waals surface area contributed by atoms with Gasteiger partial charge < -0.3 is 24.4 Å². The predicted octanol–water partition coefficient (Wildman–Crippen LogP) is 7.21. The number of aliphatic carboxylic acids is 1. The minimum absolute atomic E-state index is 0.155. The number of ether oxygens (including phenoxy) is 1. The monoisotopic (exact) mass is 640 g/mol. The number of carbonyl (C=O) groups excluding carboxylic acids is 1. The number of piperidine rings is 1. The van der Waals surface area contributed by atoms with E-state index < -0.39 is 24.1 Å². The molecule has 43 heavy (non-hydrogen) atoms. The second kappa shape index (κ2) is 12.1. The van der Waals surface area contributed by atoms with Crippen LogP contribution in [0.4, 0.5) is 18.9 Å². The van der Waals surface area contributed by atoms with Gasteiger partial charge in [-0.15, -0.1) is 0 Å². The van der Waals surface area contributed by atoms with E-state index in [-0.39, 0.29) is 29.7 Å². The zero-order valence-corrected chi connectivity index (χ0v) is 23.8. The fourth-order valence-electron chi connectivity index (χ4n) is 5.65. The van der Waals surface area contributed by atoms with Gasteiger partial charge in [0.2, 0.25) is 0 Å². The molecule has 3 aromatic rings. The van der Waals surface area contributed by atoms with Crippen molar-refractivity contribution in [1.82, 2.24) is 5.16 Å². The van der Waals surface area contributed by atoms with Crippen LogP contribution in [-0.4, -0.2) is 57.6 Å². The number of halogens is 5. The summed E-state index contributed by atoms with van der Waals surface area (Å²) in [6.45, 7) is 0. The Bertz CT molecular complexity index is 1510. The number of carbonyl (C=O) groups is 3. The van der Waals surface area contributed by atoms with Crippen molar-refractivity contribution >= 4 is 46.8 Å². The molecule has 228 valence electrons. The summed E-state index contributed by atoms with van der Waals surface area (Å²) in [4.78, 5) is 36.0. The summed E-state index contributed by atoms with van der Waals surface area (Å²) in [5.41, 5.74) is 2.40. The number of anilines is 1. The molecule has 3 heterocycles. The van der Waals surface area contributed by atoms with Crippen molar-refractivity contribution in [3.8, 4) is 11.3 Å². The largest absolute Gasteiger partial charge is 0.490 e. The maximum absolute atomic E-state index is 13.6. The smallest absolute Gasteiger partial charge is 0.478 e. The minimum atomic E-state index is -5.08. The summed E-state index contributed by atoms with van der Waals surface area (Å²) in [6, 6.07) is 12.6. The number of carboxylic acids is 2. The first kappa shape index (κ1) is 30.7. The van der Waals surface area contributed by atoms with E-state index in [1.165, 1.54) is 0 Å². The second-order valence-corrected chi connectivity index (χ2v) is 11.4. The van der Waals surface area contributed by atoms with E-state index in [4.69, 9.17) is 42.4 Å². The molecule has 3 aliphatic rings. The number of alkyl halides is 3. The second-order valence-electron chi connectivity index (χ2n) is 10.6. The van der Waals surface area contributed by atoms with E-state index in [9.17, 15) is 27.9 Å². The van der Waals surface area contributed by atoms with Crippen LogP contribution in [0.5, 0.6) is 0 Å². The van der Waals surface area contributed by atoms with Crippen LogP contribution in [-0.2, 0) is 9.53 Å². The van der Waals surface area contributed by atoms with Crippen molar-refractivity contribution < 1.29 is 47.0 Å².